The van der Waals surface area contributed by atoms with Crippen molar-refractivity contribution < 1.29 is 27.1 Å². The van der Waals surface area contributed by atoms with Crippen LogP contribution in [-0.4, -0.2) is 22.1 Å². The van der Waals surface area contributed by atoms with Gasteiger partial charge in [-0.2, -0.15) is 0 Å². The fourth-order valence-electron chi connectivity index (χ4n) is 3.06. The molecule has 0 aliphatic heterocycles. The molecule has 30 heavy (non-hydrogen) atoms. The van der Waals surface area contributed by atoms with E-state index >= 15 is 0 Å². The molecule has 0 saturated heterocycles. The molecule has 3 aromatic rings. The second kappa shape index (κ2) is 8.48. The summed E-state index contributed by atoms with van der Waals surface area (Å²) in [7, 11) is 0. The molecule has 0 aliphatic carbocycles. The van der Waals surface area contributed by atoms with E-state index in [0.29, 0.717) is 5.69 Å². The van der Waals surface area contributed by atoms with Gasteiger partial charge in [0.25, 0.3) is 0 Å². The summed E-state index contributed by atoms with van der Waals surface area (Å²) in [5.41, 5.74) is 1.35. The first kappa shape index (κ1) is 21.2. The minimum absolute atomic E-state index is 0.136. The molecule has 0 bridgehead atoms. The van der Waals surface area contributed by atoms with Crippen molar-refractivity contribution in [3.8, 4) is 5.75 Å². The quantitative estimate of drug-likeness (QED) is 0.470. The largest absolute Gasteiger partial charge is 0.573 e. The third kappa shape index (κ3) is 5.11. The summed E-state index contributed by atoms with van der Waals surface area (Å²) in [5.74, 6) is -3.24. The third-order valence-electron chi connectivity index (χ3n) is 4.46. The molecule has 3 rings (SSSR count). The van der Waals surface area contributed by atoms with Crippen LogP contribution in [-0.2, 0) is 0 Å². The number of nitrogens with zero attached hydrogens (tertiary/aromatic N) is 1. The molecule has 0 radical (unpaired) electrons. The second-order valence-corrected chi connectivity index (χ2v) is 6.56. The van der Waals surface area contributed by atoms with Crippen molar-refractivity contribution >= 4 is 5.78 Å². The zero-order chi connectivity index (χ0) is 21.9. The SMILES string of the molecule is Cc1cccnc1[C@@H](CC(=O)c1ccc(=O)[nH]c1)c1ccc(OC(F)(F)F)c(F)c1. The van der Waals surface area contributed by atoms with E-state index in [2.05, 4.69) is 14.7 Å². The Balaban J connectivity index is 1.99. The van der Waals surface area contributed by atoms with Crippen LogP contribution in [0.1, 0.15) is 39.5 Å². The molecule has 0 fully saturated rings. The number of aromatic amines is 1. The molecule has 0 spiro atoms. The Labute approximate surface area is 168 Å². The zero-order valence-corrected chi connectivity index (χ0v) is 15.7. The lowest BCUT2D eigenvalue weighted by atomic mass is 9.87. The number of carbonyl (C=O) groups is 1. The molecule has 0 saturated carbocycles. The smallest absolute Gasteiger partial charge is 0.403 e. The van der Waals surface area contributed by atoms with Gasteiger partial charge in [-0.3, -0.25) is 14.6 Å². The van der Waals surface area contributed by atoms with Crippen LogP contribution in [0.3, 0.4) is 0 Å². The summed E-state index contributed by atoms with van der Waals surface area (Å²) in [5, 5.41) is 0. The van der Waals surface area contributed by atoms with Gasteiger partial charge in [0.1, 0.15) is 0 Å². The van der Waals surface area contributed by atoms with Crippen molar-refractivity contribution in [2.75, 3.05) is 0 Å². The number of Topliss-reactive ketones (excluding diaryl/α,β-unsaturated/α-hetero) is 1. The van der Waals surface area contributed by atoms with E-state index in [4.69, 9.17) is 0 Å². The van der Waals surface area contributed by atoms with Gasteiger partial charge in [-0.25, -0.2) is 4.39 Å². The number of pyridine rings is 2. The fourth-order valence-corrected chi connectivity index (χ4v) is 3.06. The molecular weight excluding hydrogens is 404 g/mol. The maximum absolute atomic E-state index is 14.3. The molecule has 156 valence electrons. The molecule has 2 heterocycles. The molecule has 1 atom stereocenters. The van der Waals surface area contributed by atoms with Gasteiger partial charge in [0.05, 0.1) is 5.69 Å². The van der Waals surface area contributed by atoms with E-state index in [1.54, 1.807) is 19.1 Å². The number of H-pyrrole nitrogens is 1. The highest BCUT2D eigenvalue weighted by molar-refractivity contribution is 5.96. The molecule has 0 unspecified atom stereocenters. The number of ketones is 1. The Morgan fingerprint density at radius 1 is 1.20 bits per heavy atom. The number of rotatable bonds is 6. The first-order valence-electron chi connectivity index (χ1n) is 8.82. The number of hydrogen-bond acceptors (Lipinski definition) is 4. The molecule has 5 nitrogen and oxygen atoms in total. The Morgan fingerprint density at radius 2 is 1.97 bits per heavy atom. The summed E-state index contributed by atoms with van der Waals surface area (Å²) in [6.45, 7) is 1.76. The van der Waals surface area contributed by atoms with Crippen molar-refractivity contribution in [3.63, 3.8) is 0 Å². The molecule has 9 heteroatoms. The lowest BCUT2D eigenvalue weighted by molar-refractivity contribution is -0.275. The van der Waals surface area contributed by atoms with E-state index < -0.39 is 23.8 Å². The van der Waals surface area contributed by atoms with Gasteiger partial charge in [-0.05, 0) is 42.3 Å². The van der Waals surface area contributed by atoms with Gasteiger partial charge >= 0.3 is 6.36 Å². The minimum Gasteiger partial charge on any atom is -0.403 e. The van der Waals surface area contributed by atoms with Crippen molar-refractivity contribution in [1.82, 2.24) is 9.97 Å². The lowest BCUT2D eigenvalue weighted by Crippen LogP contribution is -2.18. The van der Waals surface area contributed by atoms with E-state index in [0.717, 1.165) is 17.7 Å². The number of benzene rings is 1. The van der Waals surface area contributed by atoms with Crippen LogP contribution in [0.15, 0.2) is 59.7 Å². The average molecular weight is 420 g/mol. The summed E-state index contributed by atoms with van der Waals surface area (Å²) in [4.78, 5) is 30.7. The van der Waals surface area contributed by atoms with Crippen LogP contribution in [0.5, 0.6) is 5.75 Å². The predicted molar refractivity (Wildman–Crippen MR) is 99.9 cm³/mol. The van der Waals surface area contributed by atoms with Gasteiger partial charge in [-0.15, -0.1) is 13.2 Å². The number of hydrogen-bond donors (Lipinski definition) is 1. The van der Waals surface area contributed by atoms with Crippen LogP contribution >= 0.6 is 0 Å². The number of ether oxygens (including phenoxy) is 1. The van der Waals surface area contributed by atoms with E-state index in [9.17, 15) is 27.2 Å². The Morgan fingerprint density at radius 3 is 2.57 bits per heavy atom. The van der Waals surface area contributed by atoms with Gasteiger partial charge in [0.15, 0.2) is 17.3 Å². The number of carbonyl (C=O) groups excluding carboxylic acids is 1. The van der Waals surface area contributed by atoms with Gasteiger partial charge in [0.2, 0.25) is 5.56 Å². The Hall–Kier alpha value is -3.49. The number of aryl methyl sites for hydroxylation is 1. The van der Waals surface area contributed by atoms with Crippen LogP contribution in [0.4, 0.5) is 17.6 Å². The van der Waals surface area contributed by atoms with Crippen LogP contribution in [0, 0.1) is 12.7 Å². The highest BCUT2D eigenvalue weighted by atomic mass is 19.4. The molecule has 0 aliphatic rings. The summed E-state index contributed by atoms with van der Waals surface area (Å²) >= 11 is 0. The maximum atomic E-state index is 14.3. The van der Waals surface area contributed by atoms with Crippen LogP contribution in [0.25, 0.3) is 0 Å². The van der Waals surface area contributed by atoms with Crippen molar-refractivity contribution in [2.24, 2.45) is 0 Å². The molecule has 1 aromatic carbocycles. The fraction of sp³-hybridized carbons (Fsp3) is 0.190. The van der Waals surface area contributed by atoms with E-state index in [1.807, 2.05) is 0 Å². The maximum Gasteiger partial charge on any atom is 0.573 e. The highest BCUT2D eigenvalue weighted by Gasteiger charge is 2.33. The normalized spacial score (nSPS) is 12.4. The monoisotopic (exact) mass is 420 g/mol. The van der Waals surface area contributed by atoms with Crippen LogP contribution in [0.2, 0.25) is 0 Å². The topological polar surface area (TPSA) is 72.0 Å². The molecule has 2 aromatic heterocycles. The second-order valence-electron chi connectivity index (χ2n) is 6.56. The summed E-state index contributed by atoms with van der Waals surface area (Å²) in [6.07, 6.45) is -2.38. The number of alkyl halides is 3. The number of halogens is 4. The van der Waals surface area contributed by atoms with E-state index in [1.165, 1.54) is 30.6 Å². The number of nitrogens with one attached hydrogen (secondary N) is 1. The predicted octanol–water partition coefficient (Wildman–Crippen LogP) is 4.52. The standard InChI is InChI=1S/C21H16F4N2O3/c1-12-3-2-8-26-20(12)15(10-17(28)14-5-7-19(29)27-11-14)13-4-6-18(16(22)9-13)30-21(23,24)25/h2-9,11,15H,10H2,1H3,(H,27,29)/t15-/m0/s1. The van der Waals surface area contributed by atoms with Crippen LogP contribution < -0.4 is 10.3 Å². The Bertz CT molecular complexity index is 1110. The number of aromatic nitrogens is 2. The third-order valence-corrected chi connectivity index (χ3v) is 4.46. The Kier molecular flexibility index (Phi) is 6.00. The molecule has 0 amide bonds. The minimum atomic E-state index is -5.03. The first-order valence-corrected chi connectivity index (χ1v) is 8.82. The van der Waals surface area contributed by atoms with E-state index in [-0.39, 0.29) is 28.9 Å². The van der Waals surface area contributed by atoms with Crippen molar-refractivity contribution in [3.05, 3.63) is 93.4 Å². The molecular formula is C21H16F4N2O3. The highest BCUT2D eigenvalue weighted by Crippen LogP contribution is 2.33. The first-order chi connectivity index (χ1) is 14.1. The molecule has 1 N–H and O–H groups in total. The van der Waals surface area contributed by atoms with Crippen molar-refractivity contribution in [1.29, 1.82) is 0 Å². The average Bonchev–Trinajstić information content (AvgIpc) is 2.68. The summed E-state index contributed by atoms with van der Waals surface area (Å²) < 4.78 is 55.2. The van der Waals surface area contributed by atoms with Crippen molar-refractivity contribution in [2.45, 2.75) is 25.6 Å². The van der Waals surface area contributed by atoms with Gasteiger partial charge in [-0.1, -0.05) is 12.1 Å². The lowest BCUT2D eigenvalue weighted by Gasteiger charge is -2.19. The van der Waals surface area contributed by atoms with Gasteiger partial charge in [0, 0.05) is 36.4 Å². The van der Waals surface area contributed by atoms with Gasteiger partial charge < -0.3 is 9.72 Å². The zero-order valence-electron chi connectivity index (χ0n) is 15.7. The summed E-state index contributed by atoms with van der Waals surface area (Å²) in [6, 6.07) is 9.07.